The fraction of sp³-hybridized carbons (Fsp3) is 0.826. The van der Waals surface area contributed by atoms with Crippen LogP contribution < -0.4 is 0 Å². The summed E-state index contributed by atoms with van der Waals surface area (Å²) in [4.78, 5) is 0. The van der Waals surface area contributed by atoms with Crippen molar-refractivity contribution in [1.82, 2.24) is 0 Å². The van der Waals surface area contributed by atoms with Crippen LogP contribution >= 0.6 is 0 Å². The average molecular weight is 365 g/mol. The molecule has 25 heavy (non-hydrogen) atoms. The van der Waals surface area contributed by atoms with Crippen LogP contribution in [0, 0.1) is 12.3 Å². The standard InChI is InChI=1S/C23H44OSi/c1-5-9-13-17-21-25(22-18-14-10-6-2,23-19-15-11-7-3)24-20-16-12-8-4/h4,12,16H,5-7,9-11,13-15,17-23H2,1-3H3/b16-12+. The number of terminal acetylenes is 1. The van der Waals surface area contributed by atoms with E-state index >= 15 is 0 Å². The van der Waals surface area contributed by atoms with Gasteiger partial charge in [0.1, 0.15) is 0 Å². The van der Waals surface area contributed by atoms with Crippen LogP contribution in [0.3, 0.4) is 0 Å². The minimum absolute atomic E-state index is 0.728. The minimum Gasteiger partial charge on any atom is -0.413 e. The first-order valence-electron chi connectivity index (χ1n) is 11.0. The summed E-state index contributed by atoms with van der Waals surface area (Å²) in [6.07, 6.45) is 25.4. The van der Waals surface area contributed by atoms with E-state index in [0.29, 0.717) is 0 Å². The maximum absolute atomic E-state index is 6.63. The summed E-state index contributed by atoms with van der Waals surface area (Å²) in [6, 6.07) is 4.07. The van der Waals surface area contributed by atoms with E-state index in [4.69, 9.17) is 10.8 Å². The molecule has 0 saturated heterocycles. The molecule has 0 fully saturated rings. The highest BCUT2D eigenvalue weighted by molar-refractivity contribution is 6.73. The molecular weight excluding hydrogens is 320 g/mol. The minimum atomic E-state index is -1.62. The van der Waals surface area contributed by atoms with Crippen LogP contribution in [0.4, 0.5) is 0 Å². The molecule has 0 N–H and O–H groups in total. The van der Waals surface area contributed by atoms with Crippen molar-refractivity contribution < 1.29 is 4.43 Å². The summed E-state index contributed by atoms with van der Waals surface area (Å²) >= 11 is 0. The van der Waals surface area contributed by atoms with Gasteiger partial charge in [-0.1, -0.05) is 110 Å². The third-order valence-electron chi connectivity index (χ3n) is 5.16. The smallest absolute Gasteiger partial charge is 0.193 e. The van der Waals surface area contributed by atoms with Crippen LogP contribution in [0.25, 0.3) is 0 Å². The second-order valence-electron chi connectivity index (χ2n) is 7.50. The van der Waals surface area contributed by atoms with Gasteiger partial charge in [-0.2, -0.15) is 0 Å². The summed E-state index contributed by atoms with van der Waals surface area (Å²) in [5, 5.41) is 0. The predicted molar refractivity (Wildman–Crippen MR) is 117 cm³/mol. The van der Waals surface area contributed by atoms with Crippen molar-refractivity contribution in [1.29, 1.82) is 0 Å². The maximum atomic E-state index is 6.63. The van der Waals surface area contributed by atoms with Crippen LogP contribution in [0.15, 0.2) is 12.2 Å². The lowest BCUT2D eigenvalue weighted by molar-refractivity contribution is 0.333. The summed E-state index contributed by atoms with van der Waals surface area (Å²) in [7, 11) is -1.62. The normalized spacial score (nSPS) is 11.9. The van der Waals surface area contributed by atoms with Gasteiger partial charge >= 0.3 is 0 Å². The van der Waals surface area contributed by atoms with Crippen LogP contribution in [0.5, 0.6) is 0 Å². The van der Waals surface area contributed by atoms with E-state index in [-0.39, 0.29) is 0 Å². The lowest BCUT2D eigenvalue weighted by atomic mass is 10.2. The van der Waals surface area contributed by atoms with E-state index in [1.165, 1.54) is 95.2 Å². The highest BCUT2D eigenvalue weighted by Crippen LogP contribution is 2.31. The van der Waals surface area contributed by atoms with Crippen molar-refractivity contribution in [2.24, 2.45) is 0 Å². The Morgan fingerprint density at radius 3 is 1.52 bits per heavy atom. The molecule has 0 aliphatic rings. The summed E-state index contributed by atoms with van der Waals surface area (Å²) in [5.74, 6) is 2.59. The van der Waals surface area contributed by atoms with Crippen molar-refractivity contribution >= 4 is 8.32 Å². The number of hydrogen-bond acceptors (Lipinski definition) is 1. The Balaban J connectivity index is 4.73. The molecule has 0 aromatic carbocycles. The Hall–Kier alpha value is -0.523. The maximum Gasteiger partial charge on any atom is 0.193 e. The van der Waals surface area contributed by atoms with Gasteiger partial charge in [-0.05, 0) is 24.2 Å². The van der Waals surface area contributed by atoms with Gasteiger partial charge in [0.15, 0.2) is 8.32 Å². The van der Waals surface area contributed by atoms with Gasteiger partial charge in [0.05, 0.1) is 6.61 Å². The molecule has 0 unspecified atom stereocenters. The van der Waals surface area contributed by atoms with E-state index in [9.17, 15) is 0 Å². The van der Waals surface area contributed by atoms with Gasteiger partial charge < -0.3 is 4.43 Å². The first-order chi connectivity index (χ1) is 12.2. The molecular formula is C23H44OSi. The molecule has 0 spiro atoms. The first-order valence-corrected chi connectivity index (χ1v) is 13.5. The van der Waals surface area contributed by atoms with Crippen molar-refractivity contribution in [2.45, 2.75) is 116 Å². The molecule has 0 aromatic rings. The summed E-state index contributed by atoms with van der Waals surface area (Å²) < 4.78 is 6.63. The van der Waals surface area contributed by atoms with Crippen LogP contribution in [-0.2, 0) is 4.43 Å². The fourth-order valence-electron chi connectivity index (χ4n) is 3.55. The van der Waals surface area contributed by atoms with E-state index in [0.717, 1.165) is 6.61 Å². The van der Waals surface area contributed by atoms with Gasteiger partial charge in [-0.15, -0.1) is 6.42 Å². The molecule has 0 aromatic heterocycles. The quantitative estimate of drug-likeness (QED) is 0.136. The second kappa shape index (κ2) is 18.3. The third kappa shape index (κ3) is 14.3. The van der Waals surface area contributed by atoms with Gasteiger partial charge in [0.25, 0.3) is 0 Å². The Morgan fingerprint density at radius 2 is 1.16 bits per heavy atom. The van der Waals surface area contributed by atoms with Crippen molar-refractivity contribution in [2.75, 3.05) is 6.61 Å². The molecule has 0 bridgehead atoms. The Kier molecular flexibility index (Phi) is 17.9. The van der Waals surface area contributed by atoms with Gasteiger partial charge in [-0.3, -0.25) is 0 Å². The molecule has 0 atom stereocenters. The molecule has 0 heterocycles. The largest absolute Gasteiger partial charge is 0.413 e. The zero-order valence-electron chi connectivity index (χ0n) is 17.5. The number of allylic oxidation sites excluding steroid dienone is 1. The second-order valence-corrected chi connectivity index (χ2v) is 11.6. The first kappa shape index (κ1) is 24.5. The van der Waals surface area contributed by atoms with E-state index in [1.54, 1.807) is 6.08 Å². The number of rotatable bonds is 18. The van der Waals surface area contributed by atoms with Gasteiger partial charge in [0.2, 0.25) is 0 Å². The summed E-state index contributed by atoms with van der Waals surface area (Å²) in [5.41, 5.74) is 0. The average Bonchev–Trinajstić information content (AvgIpc) is 2.63. The Bertz CT molecular complexity index is 311. The van der Waals surface area contributed by atoms with Crippen LogP contribution in [0.1, 0.15) is 97.8 Å². The molecule has 0 saturated carbocycles. The number of unbranched alkanes of at least 4 members (excludes halogenated alkanes) is 9. The predicted octanol–water partition coefficient (Wildman–Crippen LogP) is 7.88. The van der Waals surface area contributed by atoms with E-state index in [2.05, 4.69) is 26.7 Å². The van der Waals surface area contributed by atoms with Crippen LogP contribution in [-0.4, -0.2) is 14.9 Å². The SMILES string of the molecule is C#C/C=C/CO[Si](CCCCCC)(CCCCCC)CCCCCC. The highest BCUT2D eigenvalue weighted by atomic mass is 28.4. The fourth-order valence-corrected chi connectivity index (χ4v) is 7.87. The molecule has 146 valence electrons. The monoisotopic (exact) mass is 364 g/mol. The lowest BCUT2D eigenvalue weighted by Gasteiger charge is -2.32. The van der Waals surface area contributed by atoms with Gasteiger partial charge in [0, 0.05) is 0 Å². The van der Waals surface area contributed by atoms with Gasteiger partial charge in [-0.25, -0.2) is 0 Å². The molecule has 0 amide bonds. The zero-order valence-corrected chi connectivity index (χ0v) is 18.5. The molecule has 0 aliphatic carbocycles. The number of hydrogen-bond donors (Lipinski definition) is 0. The molecule has 2 heteroatoms. The zero-order chi connectivity index (χ0) is 18.6. The van der Waals surface area contributed by atoms with Crippen molar-refractivity contribution in [3.8, 4) is 12.3 Å². The molecule has 0 aliphatic heterocycles. The van der Waals surface area contributed by atoms with Crippen LogP contribution in [0.2, 0.25) is 18.1 Å². The molecule has 0 radical (unpaired) electrons. The lowest BCUT2D eigenvalue weighted by Crippen LogP contribution is -2.38. The molecule has 0 rings (SSSR count). The summed E-state index contributed by atoms with van der Waals surface area (Å²) in [6.45, 7) is 7.61. The Labute approximate surface area is 160 Å². The topological polar surface area (TPSA) is 9.23 Å². The molecule has 1 nitrogen and oxygen atoms in total. The highest BCUT2D eigenvalue weighted by Gasteiger charge is 2.33. The third-order valence-corrected chi connectivity index (χ3v) is 9.73. The van der Waals surface area contributed by atoms with E-state index in [1.807, 2.05) is 6.08 Å². The Morgan fingerprint density at radius 1 is 0.720 bits per heavy atom. The van der Waals surface area contributed by atoms with E-state index < -0.39 is 8.32 Å². The van der Waals surface area contributed by atoms with Crippen molar-refractivity contribution in [3.63, 3.8) is 0 Å². The van der Waals surface area contributed by atoms with Crippen molar-refractivity contribution in [3.05, 3.63) is 12.2 Å².